The molecule has 1 amide bonds. The summed E-state index contributed by atoms with van der Waals surface area (Å²) in [5.74, 6) is 2.99. The van der Waals surface area contributed by atoms with Gasteiger partial charge in [0.25, 0.3) is 0 Å². The Labute approximate surface area is 86.6 Å². The number of carbonyl (C=O) groups is 1. The van der Waals surface area contributed by atoms with Crippen LogP contribution in [-0.4, -0.2) is 24.5 Å². The summed E-state index contributed by atoms with van der Waals surface area (Å²) in [4.78, 5) is 11.5. The lowest BCUT2D eigenvalue weighted by Crippen LogP contribution is -2.46. The predicted molar refractivity (Wildman–Crippen MR) is 58.7 cm³/mol. The summed E-state index contributed by atoms with van der Waals surface area (Å²) in [5, 5.41) is 5.85. The van der Waals surface area contributed by atoms with Crippen LogP contribution in [0.25, 0.3) is 0 Å². The summed E-state index contributed by atoms with van der Waals surface area (Å²) in [6, 6.07) is -0.311. The average molecular weight is 196 g/mol. The Morgan fingerprint density at radius 2 is 1.93 bits per heavy atom. The molecule has 0 bridgehead atoms. The first-order chi connectivity index (χ1) is 6.47. The van der Waals surface area contributed by atoms with Gasteiger partial charge in [0.05, 0.1) is 12.1 Å². The van der Waals surface area contributed by atoms with Gasteiger partial charge in [-0.3, -0.25) is 10.1 Å². The molecule has 3 heteroatoms. The number of rotatable bonds is 5. The fourth-order valence-corrected chi connectivity index (χ4v) is 0.957. The molecule has 3 nitrogen and oxygen atoms in total. The van der Waals surface area contributed by atoms with Crippen LogP contribution in [0.2, 0.25) is 0 Å². The molecule has 0 saturated carbocycles. The number of nitrogens with one attached hydrogen (secondary N) is 2. The van der Waals surface area contributed by atoms with Crippen molar-refractivity contribution in [2.75, 3.05) is 6.54 Å². The summed E-state index contributed by atoms with van der Waals surface area (Å²) < 4.78 is 0. The molecular weight excluding hydrogens is 176 g/mol. The highest BCUT2D eigenvalue weighted by Crippen LogP contribution is 1.90. The van der Waals surface area contributed by atoms with E-state index >= 15 is 0 Å². The highest BCUT2D eigenvalue weighted by molar-refractivity contribution is 5.81. The van der Waals surface area contributed by atoms with Gasteiger partial charge in [-0.2, -0.15) is 0 Å². The third kappa shape index (κ3) is 5.60. The highest BCUT2D eigenvalue weighted by atomic mass is 16.2. The Bertz CT molecular complexity index is 218. The topological polar surface area (TPSA) is 41.1 Å². The monoisotopic (exact) mass is 196 g/mol. The average Bonchev–Trinajstić information content (AvgIpc) is 2.13. The van der Waals surface area contributed by atoms with E-state index in [2.05, 4.69) is 30.4 Å². The highest BCUT2D eigenvalue weighted by Gasteiger charge is 2.13. The van der Waals surface area contributed by atoms with E-state index in [4.69, 9.17) is 6.42 Å². The van der Waals surface area contributed by atoms with Crippen LogP contribution in [0.4, 0.5) is 0 Å². The standard InChI is InChI=1S/C11H20N2O/c1-6-9(4)13-10(5)11(14)12-7-8(2)3/h1,8-10,13H,7H2,2-5H3,(H,12,14). The molecule has 0 aromatic rings. The minimum Gasteiger partial charge on any atom is -0.354 e. The van der Waals surface area contributed by atoms with E-state index in [9.17, 15) is 4.79 Å². The van der Waals surface area contributed by atoms with Gasteiger partial charge in [0, 0.05) is 6.54 Å². The quantitative estimate of drug-likeness (QED) is 0.637. The molecule has 2 N–H and O–H groups in total. The third-order valence-corrected chi connectivity index (χ3v) is 1.83. The molecule has 0 aliphatic rings. The van der Waals surface area contributed by atoms with Crippen LogP contribution in [0.3, 0.4) is 0 Å². The van der Waals surface area contributed by atoms with Crippen molar-refractivity contribution in [2.45, 2.75) is 39.8 Å². The summed E-state index contributed by atoms with van der Waals surface area (Å²) in [5.41, 5.74) is 0. The lowest BCUT2D eigenvalue weighted by molar-refractivity contribution is -0.123. The summed E-state index contributed by atoms with van der Waals surface area (Å²) in [6.45, 7) is 8.48. The molecule has 0 fully saturated rings. The first-order valence-electron chi connectivity index (χ1n) is 4.97. The van der Waals surface area contributed by atoms with Gasteiger partial charge in [-0.05, 0) is 19.8 Å². The van der Waals surface area contributed by atoms with Gasteiger partial charge in [-0.1, -0.05) is 19.8 Å². The van der Waals surface area contributed by atoms with Gasteiger partial charge < -0.3 is 5.32 Å². The molecule has 80 valence electrons. The zero-order valence-electron chi connectivity index (χ0n) is 9.42. The molecule has 14 heavy (non-hydrogen) atoms. The minimum atomic E-state index is -0.236. The second-order valence-corrected chi connectivity index (χ2v) is 3.92. The summed E-state index contributed by atoms with van der Waals surface area (Å²) in [6.07, 6.45) is 5.20. The van der Waals surface area contributed by atoms with Crippen molar-refractivity contribution in [2.24, 2.45) is 5.92 Å². The number of hydrogen-bond donors (Lipinski definition) is 2. The molecule has 0 radical (unpaired) electrons. The van der Waals surface area contributed by atoms with Gasteiger partial charge in [0.15, 0.2) is 0 Å². The van der Waals surface area contributed by atoms with Crippen LogP contribution in [0.1, 0.15) is 27.7 Å². The molecule has 2 unspecified atom stereocenters. The van der Waals surface area contributed by atoms with Crippen molar-refractivity contribution >= 4 is 5.91 Å². The van der Waals surface area contributed by atoms with E-state index < -0.39 is 0 Å². The maximum atomic E-state index is 11.5. The van der Waals surface area contributed by atoms with Crippen molar-refractivity contribution in [3.05, 3.63) is 0 Å². The van der Waals surface area contributed by atoms with Gasteiger partial charge in [0.2, 0.25) is 5.91 Å². The molecule has 2 atom stereocenters. The Balaban J connectivity index is 3.83. The van der Waals surface area contributed by atoms with Crippen molar-refractivity contribution in [3.63, 3.8) is 0 Å². The van der Waals surface area contributed by atoms with Crippen LogP contribution >= 0.6 is 0 Å². The smallest absolute Gasteiger partial charge is 0.236 e. The number of terminal acetylenes is 1. The first-order valence-corrected chi connectivity index (χ1v) is 4.97. The maximum Gasteiger partial charge on any atom is 0.236 e. The lowest BCUT2D eigenvalue weighted by Gasteiger charge is -2.16. The van der Waals surface area contributed by atoms with Crippen LogP contribution < -0.4 is 10.6 Å². The Kier molecular flexibility index (Phi) is 5.98. The van der Waals surface area contributed by atoms with E-state index in [1.54, 1.807) is 0 Å². The fourth-order valence-electron chi connectivity index (χ4n) is 0.957. The van der Waals surface area contributed by atoms with Crippen LogP contribution in [0.5, 0.6) is 0 Å². The summed E-state index contributed by atoms with van der Waals surface area (Å²) >= 11 is 0. The predicted octanol–water partition coefficient (Wildman–Crippen LogP) is 0.758. The third-order valence-electron chi connectivity index (χ3n) is 1.83. The van der Waals surface area contributed by atoms with Crippen LogP contribution in [-0.2, 0) is 4.79 Å². The zero-order chi connectivity index (χ0) is 11.1. The van der Waals surface area contributed by atoms with E-state index in [1.165, 1.54) is 0 Å². The van der Waals surface area contributed by atoms with Crippen LogP contribution in [0, 0.1) is 18.3 Å². The molecule has 0 spiro atoms. The molecule has 0 aromatic carbocycles. The Hall–Kier alpha value is -1.01. The first kappa shape index (κ1) is 13.0. The zero-order valence-corrected chi connectivity index (χ0v) is 9.42. The van der Waals surface area contributed by atoms with Gasteiger partial charge in [0.1, 0.15) is 0 Å². The molecule has 0 aromatic heterocycles. The molecular formula is C11H20N2O. The van der Waals surface area contributed by atoms with Gasteiger partial charge in [-0.25, -0.2) is 0 Å². The van der Waals surface area contributed by atoms with Gasteiger partial charge >= 0.3 is 0 Å². The van der Waals surface area contributed by atoms with Crippen molar-refractivity contribution in [1.29, 1.82) is 0 Å². The second-order valence-electron chi connectivity index (χ2n) is 3.92. The van der Waals surface area contributed by atoms with Crippen LogP contribution in [0.15, 0.2) is 0 Å². The Morgan fingerprint density at radius 3 is 2.36 bits per heavy atom. The normalized spacial score (nSPS) is 14.6. The Morgan fingerprint density at radius 1 is 1.36 bits per heavy atom. The van der Waals surface area contributed by atoms with Gasteiger partial charge in [-0.15, -0.1) is 6.42 Å². The van der Waals surface area contributed by atoms with E-state index in [0.717, 1.165) is 0 Å². The summed E-state index contributed by atoms with van der Waals surface area (Å²) in [7, 11) is 0. The van der Waals surface area contributed by atoms with Crippen molar-refractivity contribution in [3.8, 4) is 12.3 Å². The lowest BCUT2D eigenvalue weighted by atomic mass is 10.2. The van der Waals surface area contributed by atoms with Crippen molar-refractivity contribution in [1.82, 2.24) is 10.6 Å². The molecule has 0 heterocycles. The number of amides is 1. The molecule has 0 aliphatic carbocycles. The molecule has 0 rings (SSSR count). The van der Waals surface area contributed by atoms with E-state index in [0.29, 0.717) is 12.5 Å². The van der Waals surface area contributed by atoms with E-state index in [-0.39, 0.29) is 18.0 Å². The maximum absolute atomic E-state index is 11.5. The SMILES string of the molecule is C#CC(C)NC(C)C(=O)NCC(C)C. The van der Waals surface area contributed by atoms with Crippen molar-refractivity contribution < 1.29 is 4.79 Å². The number of hydrogen-bond acceptors (Lipinski definition) is 2. The molecule has 0 aliphatic heterocycles. The molecule has 0 saturated heterocycles. The second kappa shape index (κ2) is 6.44. The fraction of sp³-hybridized carbons (Fsp3) is 0.727. The largest absolute Gasteiger partial charge is 0.354 e. The van der Waals surface area contributed by atoms with E-state index in [1.807, 2.05) is 13.8 Å². The minimum absolute atomic E-state index is 0.000741. The number of carbonyl (C=O) groups excluding carboxylic acids is 1.